The van der Waals surface area contributed by atoms with E-state index in [1.807, 2.05) is 21.1 Å². The summed E-state index contributed by atoms with van der Waals surface area (Å²) in [4.78, 5) is 37.9. The first-order valence-corrected chi connectivity index (χ1v) is 31.1. The molecular formula is C64H110NO8P. The van der Waals surface area contributed by atoms with Crippen molar-refractivity contribution in [2.24, 2.45) is 0 Å². The first-order chi connectivity index (χ1) is 36.0. The maximum Gasteiger partial charge on any atom is 0.306 e. The van der Waals surface area contributed by atoms with E-state index >= 15 is 0 Å². The molecule has 0 fully saturated rings. The highest BCUT2D eigenvalue weighted by Gasteiger charge is 2.21. The highest BCUT2D eigenvalue weighted by molar-refractivity contribution is 7.45. The molecule has 0 N–H and O–H groups in total. The van der Waals surface area contributed by atoms with Crippen molar-refractivity contribution in [1.82, 2.24) is 0 Å². The average Bonchev–Trinajstić information content (AvgIpc) is 3.36. The Bertz CT molecular complexity index is 1620. The van der Waals surface area contributed by atoms with Gasteiger partial charge in [-0.1, -0.05) is 226 Å². The molecule has 0 aliphatic carbocycles. The fourth-order valence-electron chi connectivity index (χ4n) is 7.72. The Balaban J connectivity index is 4.22. The van der Waals surface area contributed by atoms with E-state index in [-0.39, 0.29) is 26.1 Å². The molecule has 0 saturated carbocycles. The summed E-state index contributed by atoms with van der Waals surface area (Å²) >= 11 is 0. The zero-order valence-corrected chi connectivity index (χ0v) is 48.9. The molecule has 424 valence electrons. The first-order valence-electron chi connectivity index (χ1n) is 29.6. The van der Waals surface area contributed by atoms with E-state index in [0.29, 0.717) is 23.9 Å². The summed E-state index contributed by atoms with van der Waals surface area (Å²) in [6, 6.07) is 0. The number of phosphoric acid groups is 1. The quantitative estimate of drug-likeness (QED) is 0.0195. The van der Waals surface area contributed by atoms with Crippen molar-refractivity contribution in [1.29, 1.82) is 0 Å². The maximum absolute atomic E-state index is 12.8. The number of phosphoric ester groups is 1. The van der Waals surface area contributed by atoms with Crippen molar-refractivity contribution in [3.8, 4) is 0 Å². The zero-order chi connectivity index (χ0) is 54.2. The van der Waals surface area contributed by atoms with Crippen molar-refractivity contribution in [3.63, 3.8) is 0 Å². The normalized spacial score (nSPS) is 14.1. The molecule has 9 nitrogen and oxygen atoms in total. The molecule has 0 aliphatic heterocycles. The molecule has 0 rings (SSSR count). The van der Waals surface area contributed by atoms with Gasteiger partial charge in [0.25, 0.3) is 7.82 Å². The van der Waals surface area contributed by atoms with Crippen LogP contribution in [0.25, 0.3) is 0 Å². The number of rotatable bonds is 53. The van der Waals surface area contributed by atoms with Gasteiger partial charge < -0.3 is 27.9 Å². The highest BCUT2D eigenvalue weighted by Crippen LogP contribution is 2.38. The smallest absolute Gasteiger partial charge is 0.306 e. The van der Waals surface area contributed by atoms with Gasteiger partial charge in [-0.25, -0.2) is 0 Å². The molecule has 0 aliphatic rings. The van der Waals surface area contributed by atoms with Crippen molar-refractivity contribution >= 4 is 19.8 Å². The highest BCUT2D eigenvalue weighted by atomic mass is 31.2. The number of carbonyl (C=O) groups excluding carboxylic acids is 2. The molecule has 0 bridgehead atoms. The Labute approximate surface area is 455 Å². The Morgan fingerprint density at radius 1 is 0.432 bits per heavy atom. The van der Waals surface area contributed by atoms with Crippen LogP contribution in [-0.2, 0) is 32.7 Å². The van der Waals surface area contributed by atoms with Gasteiger partial charge in [0.05, 0.1) is 27.7 Å². The molecule has 10 heteroatoms. The summed E-state index contributed by atoms with van der Waals surface area (Å²) in [7, 11) is 1.14. The van der Waals surface area contributed by atoms with Crippen LogP contribution in [0.3, 0.4) is 0 Å². The summed E-state index contributed by atoms with van der Waals surface area (Å²) in [5.74, 6) is -0.857. The SMILES string of the molecule is CC/C=C\C/C=C\C/C=C\C/C=C\C/C=C\C/C=C\CCCCCCCCCCCCC(=O)OC(COC(=O)CCCCCCCC/C=C\C/C=C\C/C=C\CCCCCCC)COP(=O)([O-])OCC[N+](C)(C)C. The van der Waals surface area contributed by atoms with E-state index in [9.17, 15) is 19.0 Å². The second-order valence-corrected chi connectivity index (χ2v) is 22.0. The number of likely N-dealkylation sites (N-methyl/N-ethyl adjacent to an activating group) is 1. The minimum atomic E-state index is -4.65. The van der Waals surface area contributed by atoms with E-state index < -0.39 is 32.5 Å². The molecule has 0 amide bonds. The van der Waals surface area contributed by atoms with E-state index in [1.165, 1.54) is 77.0 Å². The van der Waals surface area contributed by atoms with Gasteiger partial charge in [-0.3, -0.25) is 14.2 Å². The van der Waals surface area contributed by atoms with Crippen molar-refractivity contribution in [3.05, 3.63) is 109 Å². The Kier molecular flexibility index (Phi) is 52.0. The summed E-state index contributed by atoms with van der Waals surface area (Å²) in [5, 5.41) is 0. The lowest BCUT2D eigenvalue weighted by atomic mass is 10.0. The third-order valence-electron chi connectivity index (χ3n) is 12.3. The number of hydrogen-bond donors (Lipinski definition) is 0. The molecule has 2 unspecified atom stereocenters. The maximum atomic E-state index is 12.8. The third-order valence-corrected chi connectivity index (χ3v) is 13.2. The largest absolute Gasteiger partial charge is 0.756 e. The van der Waals surface area contributed by atoms with Crippen LogP contribution in [0.5, 0.6) is 0 Å². The van der Waals surface area contributed by atoms with Gasteiger partial charge in [-0.2, -0.15) is 0 Å². The second kappa shape index (κ2) is 54.5. The van der Waals surface area contributed by atoms with Gasteiger partial charge in [-0.05, 0) is 103 Å². The summed E-state index contributed by atoms with van der Waals surface area (Å²) in [5.41, 5.74) is 0. The Morgan fingerprint density at radius 2 is 0.770 bits per heavy atom. The second-order valence-electron chi connectivity index (χ2n) is 20.6. The number of nitrogens with zero attached hydrogens (tertiary/aromatic N) is 1. The summed E-state index contributed by atoms with van der Waals surface area (Å²) in [6.07, 6.45) is 75.5. The molecule has 74 heavy (non-hydrogen) atoms. The zero-order valence-electron chi connectivity index (χ0n) is 48.0. The van der Waals surface area contributed by atoms with E-state index in [4.69, 9.17) is 18.5 Å². The van der Waals surface area contributed by atoms with Crippen LogP contribution in [0, 0.1) is 0 Å². The number of unbranched alkanes of at least 4 members (excludes halogenated alkanes) is 21. The number of quaternary nitrogens is 1. The van der Waals surface area contributed by atoms with Crippen LogP contribution < -0.4 is 4.89 Å². The van der Waals surface area contributed by atoms with Crippen LogP contribution in [0.15, 0.2) is 109 Å². The minimum Gasteiger partial charge on any atom is -0.756 e. The number of hydrogen-bond acceptors (Lipinski definition) is 8. The molecule has 0 saturated heterocycles. The fraction of sp³-hybridized carbons (Fsp3) is 0.688. The third kappa shape index (κ3) is 57.9. The van der Waals surface area contributed by atoms with Gasteiger partial charge in [0, 0.05) is 12.8 Å². The van der Waals surface area contributed by atoms with Gasteiger partial charge in [0.1, 0.15) is 19.8 Å². The number of allylic oxidation sites excluding steroid dienone is 18. The molecular weight excluding hydrogens is 942 g/mol. The van der Waals surface area contributed by atoms with E-state index in [0.717, 1.165) is 116 Å². The number of esters is 2. The minimum absolute atomic E-state index is 0.0395. The van der Waals surface area contributed by atoms with Gasteiger partial charge in [0.15, 0.2) is 6.10 Å². The van der Waals surface area contributed by atoms with Crippen molar-refractivity contribution < 1.29 is 42.1 Å². The van der Waals surface area contributed by atoms with Crippen LogP contribution in [0.1, 0.15) is 232 Å². The molecule has 0 heterocycles. The van der Waals surface area contributed by atoms with E-state index in [1.54, 1.807) is 0 Å². The molecule has 0 spiro atoms. The predicted octanol–water partition coefficient (Wildman–Crippen LogP) is 18.0. The van der Waals surface area contributed by atoms with Crippen LogP contribution in [0.4, 0.5) is 0 Å². The number of carbonyl (C=O) groups is 2. The molecule has 0 aromatic heterocycles. The van der Waals surface area contributed by atoms with Gasteiger partial charge >= 0.3 is 11.9 Å². The van der Waals surface area contributed by atoms with Gasteiger partial charge in [0.2, 0.25) is 0 Å². The molecule has 0 aromatic rings. The lowest BCUT2D eigenvalue weighted by Crippen LogP contribution is -2.37. The van der Waals surface area contributed by atoms with Crippen molar-refractivity contribution in [2.45, 2.75) is 238 Å². The lowest BCUT2D eigenvalue weighted by molar-refractivity contribution is -0.870. The topological polar surface area (TPSA) is 111 Å². The molecule has 2 atom stereocenters. The monoisotopic (exact) mass is 1050 g/mol. The number of ether oxygens (including phenoxy) is 2. The van der Waals surface area contributed by atoms with Crippen LogP contribution in [-0.4, -0.2) is 70.0 Å². The summed E-state index contributed by atoms with van der Waals surface area (Å²) < 4.78 is 34.2. The van der Waals surface area contributed by atoms with E-state index in [2.05, 4.69) is 123 Å². The summed E-state index contributed by atoms with van der Waals surface area (Å²) in [6.45, 7) is 4.09. The lowest BCUT2D eigenvalue weighted by Gasteiger charge is -2.28. The van der Waals surface area contributed by atoms with Crippen LogP contribution in [0.2, 0.25) is 0 Å². The molecule has 0 aromatic carbocycles. The predicted molar refractivity (Wildman–Crippen MR) is 314 cm³/mol. The fourth-order valence-corrected chi connectivity index (χ4v) is 8.45. The average molecular weight is 1050 g/mol. The van der Waals surface area contributed by atoms with Crippen molar-refractivity contribution in [2.75, 3.05) is 47.5 Å². The van der Waals surface area contributed by atoms with Crippen LogP contribution >= 0.6 is 7.82 Å². The Morgan fingerprint density at radius 3 is 1.15 bits per heavy atom. The van der Waals surface area contributed by atoms with Gasteiger partial charge in [-0.15, -0.1) is 0 Å². The first kappa shape index (κ1) is 70.7. The molecule has 0 radical (unpaired) electrons. The Hall–Kier alpha value is -3.33. The standard InChI is InChI=1S/C64H110NO8P/c1-6-8-10-12-14-16-18-20-22-24-26-28-29-30-31-32-33-34-35-37-39-41-43-45-47-49-51-53-55-57-64(67)73-62(61-72-74(68,69)71-59-58-65(3,4)5)60-70-63(66)56-54-52-50-48-46-44-42-40-38-36-27-25-23-21-19-17-15-13-11-9-7-2/h8,10,14,16,19-22,25-28,30-31,33-34,38,40,62H,6-7,9,11-13,15,17-18,23-24,29,32,35-37,39,41-61H2,1-5H3/b10-8-,16-14-,21-19-,22-20-,27-25-,28-26-,31-30-,34-33-,40-38-.